The second-order valence-electron chi connectivity index (χ2n) is 12.2. The summed E-state index contributed by atoms with van der Waals surface area (Å²) >= 11 is 0. The van der Waals surface area contributed by atoms with Gasteiger partial charge in [-0.1, -0.05) is 0 Å². The molecule has 4 rings (SSSR count). The van der Waals surface area contributed by atoms with Crippen molar-refractivity contribution in [3.05, 3.63) is 0 Å². The lowest BCUT2D eigenvalue weighted by molar-refractivity contribution is -0.381. The van der Waals surface area contributed by atoms with E-state index in [2.05, 4.69) is 0 Å². The molecule has 0 radical (unpaired) electrons. The van der Waals surface area contributed by atoms with Crippen LogP contribution in [-0.4, -0.2) is 231 Å². The normalized spacial score (nSPS) is 49.3. The van der Waals surface area contributed by atoms with Crippen molar-refractivity contribution < 1.29 is 119 Å². The number of aliphatic hydroxyl groups is 13. The first-order valence-electron chi connectivity index (χ1n) is 15.1. The zero-order chi connectivity index (χ0) is 37.4. The summed E-state index contributed by atoms with van der Waals surface area (Å²) in [6.45, 7) is -2.92. The molecule has 0 aromatic carbocycles. The second kappa shape index (κ2) is 16.4. The summed E-state index contributed by atoms with van der Waals surface area (Å²) < 4.78 is 37.4. The molecule has 20 atom stereocenters. The minimum Gasteiger partial charge on any atom is -0.479 e. The van der Waals surface area contributed by atoms with E-state index >= 15 is 0 Å². The molecule has 0 bridgehead atoms. The Balaban J connectivity index is 1.61. The Morgan fingerprint density at radius 3 is 1.84 bits per heavy atom. The molecule has 0 spiro atoms. The van der Waals surface area contributed by atoms with E-state index in [1.807, 2.05) is 0 Å². The number of aliphatic hydroxyl groups excluding tert-OH is 12. The Bertz CT molecular complexity index is 1150. The van der Waals surface area contributed by atoms with Crippen LogP contribution >= 0.6 is 0 Å². The van der Waals surface area contributed by atoms with Crippen molar-refractivity contribution >= 4 is 11.9 Å². The number of rotatable bonds is 12. The summed E-state index contributed by atoms with van der Waals surface area (Å²) in [5.74, 6) is -6.89. The van der Waals surface area contributed by atoms with E-state index in [4.69, 9.17) is 33.2 Å². The number of carboxylic acids is 2. The van der Waals surface area contributed by atoms with Crippen LogP contribution < -0.4 is 0 Å². The number of hydrogen-bond donors (Lipinski definition) is 15. The molecular formula is C26H42O24. The lowest BCUT2D eigenvalue weighted by atomic mass is 9.92. The molecule has 0 aromatic rings. The Morgan fingerprint density at radius 1 is 0.700 bits per heavy atom. The van der Waals surface area contributed by atoms with Crippen LogP contribution in [0.4, 0.5) is 0 Å². The van der Waals surface area contributed by atoms with Gasteiger partial charge in [0.1, 0.15) is 85.5 Å². The molecule has 4 saturated heterocycles. The summed E-state index contributed by atoms with van der Waals surface area (Å²) in [6.07, 6.45) is -38.9. The molecule has 0 aliphatic carbocycles. The quantitative estimate of drug-likeness (QED) is 0.0883. The van der Waals surface area contributed by atoms with Crippen molar-refractivity contribution in [3.63, 3.8) is 0 Å². The van der Waals surface area contributed by atoms with E-state index in [9.17, 15) is 86.2 Å². The molecule has 4 aliphatic rings. The number of aliphatic carboxylic acids is 2. The molecule has 0 saturated carbocycles. The van der Waals surface area contributed by atoms with Gasteiger partial charge in [-0.05, 0) is 0 Å². The highest BCUT2D eigenvalue weighted by atomic mass is 16.8. The van der Waals surface area contributed by atoms with Gasteiger partial charge in [0.2, 0.25) is 0 Å². The Kier molecular flexibility index (Phi) is 13.4. The lowest BCUT2D eigenvalue weighted by Gasteiger charge is -2.48. The molecule has 50 heavy (non-hydrogen) atoms. The van der Waals surface area contributed by atoms with Crippen molar-refractivity contribution in [3.8, 4) is 0 Å². The fourth-order valence-electron chi connectivity index (χ4n) is 5.83. The van der Waals surface area contributed by atoms with Gasteiger partial charge in [0.25, 0.3) is 5.79 Å². The maximum absolute atomic E-state index is 11.8. The van der Waals surface area contributed by atoms with Crippen LogP contribution in [0.2, 0.25) is 0 Å². The number of ether oxygens (including phenoxy) is 7. The molecule has 0 amide bonds. The van der Waals surface area contributed by atoms with E-state index < -0.39 is 161 Å². The van der Waals surface area contributed by atoms with Gasteiger partial charge in [-0.15, -0.1) is 0 Å². The highest BCUT2D eigenvalue weighted by molar-refractivity contribution is 5.75. The van der Waals surface area contributed by atoms with Crippen molar-refractivity contribution in [1.82, 2.24) is 0 Å². The van der Waals surface area contributed by atoms with Gasteiger partial charge < -0.3 is 110 Å². The van der Waals surface area contributed by atoms with Gasteiger partial charge in [0.15, 0.2) is 25.0 Å². The highest BCUT2D eigenvalue weighted by Gasteiger charge is 2.57. The van der Waals surface area contributed by atoms with Crippen molar-refractivity contribution in [2.75, 3.05) is 19.8 Å². The van der Waals surface area contributed by atoms with Crippen LogP contribution in [0.15, 0.2) is 0 Å². The first kappa shape index (κ1) is 40.9. The molecule has 4 aliphatic heterocycles. The molecule has 24 heteroatoms. The smallest absolute Gasteiger partial charge is 0.364 e. The maximum Gasteiger partial charge on any atom is 0.364 e. The van der Waals surface area contributed by atoms with Crippen LogP contribution in [0.1, 0.15) is 6.42 Å². The van der Waals surface area contributed by atoms with E-state index in [0.717, 1.165) is 0 Å². The molecule has 15 N–H and O–H groups in total. The molecule has 4 heterocycles. The molecule has 0 aromatic heterocycles. The third kappa shape index (κ3) is 8.19. The highest BCUT2D eigenvalue weighted by Crippen LogP contribution is 2.36. The Labute approximate surface area is 280 Å². The maximum atomic E-state index is 11.8. The van der Waals surface area contributed by atoms with Gasteiger partial charge in [-0.3, -0.25) is 0 Å². The average molecular weight is 739 g/mol. The SMILES string of the molecule is O=C(O)C1OC(OCC2OC(OC3CC(O)(C(=O)O)OC(C(O)CO)C3O)C(O)C(O)C2OC2OC(CO)C(O)C(O)C2O)C(O)C(O)C1O. The summed E-state index contributed by atoms with van der Waals surface area (Å²) in [7, 11) is 0. The molecule has 290 valence electrons. The van der Waals surface area contributed by atoms with E-state index in [0.29, 0.717) is 0 Å². The lowest BCUT2D eigenvalue weighted by Crippen LogP contribution is -2.67. The van der Waals surface area contributed by atoms with Crippen molar-refractivity contribution in [1.29, 1.82) is 0 Å². The minimum atomic E-state index is -3.12. The van der Waals surface area contributed by atoms with Gasteiger partial charge in [0.05, 0.1) is 25.9 Å². The third-order valence-electron chi connectivity index (χ3n) is 8.75. The topological polar surface area (TPSA) is 402 Å². The number of hydrogen-bond acceptors (Lipinski definition) is 22. The van der Waals surface area contributed by atoms with Gasteiger partial charge >= 0.3 is 11.9 Å². The van der Waals surface area contributed by atoms with E-state index in [1.165, 1.54) is 0 Å². The fourth-order valence-corrected chi connectivity index (χ4v) is 5.83. The predicted molar refractivity (Wildman–Crippen MR) is 146 cm³/mol. The Morgan fingerprint density at radius 2 is 1.26 bits per heavy atom. The summed E-state index contributed by atoms with van der Waals surface area (Å²) in [5.41, 5.74) is 0. The molecule has 20 unspecified atom stereocenters. The van der Waals surface area contributed by atoms with Gasteiger partial charge in [-0.25, -0.2) is 9.59 Å². The van der Waals surface area contributed by atoms with Crippen molar-refractivity contribution in [2.45, 2.75) is 129 Å². The van der Waals surface area contributed by atoms with E-state index in [-0.39, 0.29) is 0 Å². The van der Waals surface area contributed by atoms with Gasteiger partial charge in [0, 0.05) is 6.42 Å². The summed E-state index contributed by atoms with van der Waals surface area (Å²) in [4.78, 5) is 23.3. The fraction of sp³-hybridized carbons (Fsp3) is 0.923. The minimum absolute atomic E-state index is 0.891. The molecule has 4 fully saturated rings. The largest absolute Gasteiger partial charge is 0.479 e. The van der Waals surface area contributed by atoms with Crippen LogP contribution in [0, 0.1) is 0 Å². The Hall–Kier alpha value is -1.86. The number of carbonyl (C=O) groups is 2. The average Bonchev–Trinajstić information content (AvgIpc) is 3.07. The van der Waals surface area contributed by atoms with Gasteiger partial charge in [-0.2, -0.15) is 0 Å². The first-order valence-corrected chi connectivity index (χ1v) is 15.1. The zero-order valence-corrected chi connectivity index (χ0v) is 25.7. The summed E-state index contributed by atoms with van der Waals surface area (Å²) in [6, 6.07) is 0. The number of carboxylic acid groups (broad SMARTS) is 2. The standard InChI is InChI=1S/C26H42O24/c27-2-5(29)18-10(31)6(1-26(43,50-18)25(41)42)45-23-17(38)14(35)19(48-24-16(37)11(32)9(30)7(3-28)46-24)8(47-23)4-44-22-15(36)12(33)13(34)20(49-22)21(39)40/h5-20,22-24,27-38,43H,1-4H2,(H,39,40)(H,41,42). The van der Waals surface area contributed by atoms with E-state index in [1.54, 1.807) is 0 Å². The predicted octanol–water partition coefficient (Wildman–Crippen LogP) is -9.81. The van der Waals surface area contributed by atoms with Crippen LogP contribution in [0.3, 0.4) is 0 Å². The van der Waals surface area contributed by atoms with Crippen molar-refractivity contribution in [2.24, 2.45) is 0 Å². The van der Waals surface area contributed by atoms with Crippen LogP contribution in [0.5, 0.6) is 0 Å². The zero-order valence-electron chi connectivity index (χ0n) is 25.7. The molecule has 24 nitrogen and oxygen atoms in total. The molecular weight excluding hydrogens is 696 g/mol. The summed E-state index contributed by atoms with van der Waals surface area (Å²) in [5, 5.41) is 152. The third-order valence-corrected chi connectivity index (χ3v) is 8.75. The van der Waals surface area contributed by atoms with Crippen LogP contribution in [-0.2, 0) is 42.7 Å². The monoisotopic (exact) mass is 738 g/mol. The first-order chi connectivity index (χ1) is 23.4. The second-order valence-corrected chi connectivity index (χ2v) is 12.2. The van der Waals surface area contributed by atoms with Crippen LogP contribution in [0.25, 0.3) is 0 Å².